The Morgan fingerprint density at radius 1 is 0.943 bits per heavy atom. The van der Waals surface area contributed by atoms with E-state index in [1.807, 2.05) is 79.7 Å². The van der Waals surface area contributed by atoms with Crippen LogP contribution in [-0.2, 0) is 4.79 Å². The Morgan fingerprint density at radius 3 is 2.40 bits per heavy atom. The lowest BCUT2D eigenvalue weighted by Crippen LogP contribution is -2.31. The maximum absolute atomic E-state index is 13.8. The van der Waals surface area contributed by atoms with Crippen LogP contribution in [0.3, 0.4) is 0 Å². The van der Waals surface area contributed by atoms with Crippen LogP contribution in [0.25, 0.3) is 5.69 Å². The van der Waals surface area contributed by atoms with Crippen molar-refractivity contribution in [3.05, 3.63) is 110 Å². The summed E-state index contributed by atoms with van der Waals surface area (Å²) in [4.78, 5) is 30.7. The first-order valence-electron chi connectivity index (χ1n) is 11.8. The smallest absolute Gasteiger partial charge is 0.277 e. The van der Waals surface area contributed by atoms with Crippen LogP contribution in [0.15, 0.2) is 88.2 Å². The summed E-state index contributed by atoms with van der Waals surface area (Å²) in [5, 5.41) is 8.81. The summed E-state index contributed by atoms with van der Waals surface area (Å²) in [7, 11) is 4.00. The molecule has 35 heavy (non-hydrogen) atoms. The van der Waals surface area contributed by atoms with E-state index in [0.29, 0.717) is 17.8 Å². The molecule has 6 rings (SSSR count). The van der Waals surface area contributed by atoms with E-state index in [1.165, 1.54) is 4.88 Å². The van der Waals surface area contributed by atoms with Gasteiger partial charge in [0.25, 0.3) is 5.56 Å². The molecule has 0 bridgehead atoms. The van der Waals surface area contributed by atoms with Crippen molar-refractivity contribution in [3.8, 4) is 5.69 Å². The molecule has 1 aliphatic carbocycles. The van der Waals surface area contributed by atoms with E-state index in [0.717, 1.165) is 34.6 Å². The number of aromatic nitrogens is 2. The SMILES string of the molecule is CN(C)c1ccc(C2C3=C(CC(c4cccs4)CC3=O)Nc3[nH]n(-c4ccccc4)c(=O)c32)cc1. The fourth-order valence-electron chi connectivity index (χ4n) is 5.27. The van der Waals surface area contributed by atoms with Gasteiger partial charge >= 0.3 is 0 Å². The Hall–Kier alpha value is -3.84. The Morgan fingerprint density at radius 2 is 1.71 bits per heavy atom. The van der Waals surface area contributed by atoms with Crippen molar-refractivity contribution >= 4 is 28.6 Å². The highest BCUT2D eigenvalue weighted by Crippen LogP contribution is 2.47. The fraction of sp³-hybridized carbons (Fsp3) is 0.214. The zero-order chi connectivity index (χ0) is 24.1. The molecule has 3 heterocycles. The number of hydrogen-bond acceptors (Lipinski definition) is 5. The number of hydrogen-bond donors (Lipinski definition) is 2. The van der Waals surface area contributed by atoms with Crippen LogP contribution < -0.4 is 15.8 Å². The van der Waals surface area contributed by atoms with Crippen molar-refractivity contribution in [3.63, 3.8) is 0 Å². The maximum Gasteiger partial charge on any atom is 0.277 e. The average Bonchev–Trinajstić information content (AvgIpc) is 3.52. The molecule has 2 atom stereocenters. The Bertz CT molecular complexity index is 1480. The van der Waals surface area contributed by atoms with Crippen LogP contribution in [0.5, 0.6) is 0 Å². The quantitative estimate of drug-likeness (QED) is 0.417. The van der Waals surface area contributed by atoms with E-state index >= 15 is 0 Å². The number of nitrogens with one attached hydrogen (secondary N) is 2. The zero-order valence-electron chi connectivity index (χ0n) is 19.6. The molecule has 7 heteroatoms. The van der Waals surface area contributed by atoms with Gasteiger partial charge in [-0.15, -0.1) is 11.3 Å². The van der Waals surface area contributed by atoms with Crippen molar-refractivity contribution in [2.45, 2.75) is 24.7 Å². The van der Waals surface area contributed by atoms with E-state index in [9.17, 15) is 9.59 Å². The van der Waals surface area contributed by atoms with Gasteiger partial charge in [0.1, 0.15) is 5.82 Å². The predicted molar refractivity (Wildman–Crippen MR) is 141 cm³/mol. The molecule has 0 amide bonds. The minimum Gasteiger partial charge on any atom is -0.378 e. The van der Waals surface area contributed by atoms with Crippen LogP contribution in [0, 0.1) is 0 Å². The third-order valence-electron chi connectivity index (χ3n) is 6.99. The van der Waals surface area contributed by atoms with Gasteiger partial charge in [-0.05, 0) is 47.7 Å². The average molecular weight is 483 g/mol. The van der Waals surface area contributed by atoms with Gasteiger partial charge in [-0.25, -0.2) is 4.68 Å². The predicted octanol–water partition coefficient (Wildman–Crippen LogP) is 5.25. The van der Waals surface area contributed by atoms with Crippen LogP contribution in [0.4, 0.5) is 11.5 Å². The summed E-state index contributed by atoms with van der Waals surface area (Å²) in [6, 6.07) is 21.8. The maximum atomic E-state index is 13.8. The van der Waals surface area contributed by atoms with Crippen molar-refractivity contribution in [1.29, 1.82) is 0 Å². The summed E-state index contributed by atoms with van der Waals surface area (Å²) in [5.41, 5.74) is 4.87. The molecule has 0 fully saturated rings. The molecule has 2 aliphatic rings. The van der Waals surface area contributed by atoms with Crippen LogP contribution in [0.1, 0.15) is 40.7 Å². The number of nitrogens with zero attached hydrogens (tertiary/aromatic N) is 2. The van der Waals surface area contributed by atoms with E-state index in [1.54, 1.807) is 16.0 Å². The van der Waals surface area contributed by atoms with E-state index in [-0.39, 0.29) is 17.3 Å². The van der Waals surface area contributed by atoms with Crippen LogP contribution in [-0.4, -0.2) is 29.7 Å². The Kier molecular flexibility index (Phi) is 5.22. The van der Waals surface area contributed by atoms with Crippen molar-refractivity contribution < 1.29 is 4.79 Å². The van der Waals surface area contributed by atoms with Gasteiger partial charge in [-0.3, -0.25) is 14.7 Å². The molecule has 4 aromatic rings. The molecule has 0 saturated heterocycles. The van der Waals surface area contributed by atoms with Crippen molar-refractivity contribution in [2.24, 2.45) is 0 Å². The number of ketones is 1. The molecule has 2 aromatic carbocycles. The molecule has 2 aromatic heterocycles. The largest absolute Gasteiger partial charge is 0.378 e. The summed E-state index contributed by atoms with van der Waals surface area (Å²) < 4.78 is 1.57. The minimum absolute atomic E-state index is 0.108. The second kappa shape index (κ2) is 8.43. The van der Waals surface area contributed by atoms with E-state index in [2.05, 4.69) is 21.9 Å². The highest BCUT2D eigenvalue weighted by Gasteiger charge is 2.41. The number of rotatable bonds is 4. The molecule has 6 nitrogen and oxygen atoms in total. The van der Waals surface area contributed by atoms with Gasteiger partial charge in [0.2, 0.25) is 0 Å². The van der Waals surface area contributed by atoms with Crippen LogP contribution in [0.2, 0.25) is 0 Å². The number of allylic oxidation sites excluding steroid dienone is 2. The monoisotopic (exact) mass is 482 g/mol. The van der Waals surface area contributed by atoms with E-state index < -0.39 is 5.92 Å². The third-order valence-corrected chi connectivity index (χ3v) is 8.03. The molecule has 2 N–H and O–H groups in total. The summed E-state index contributed by atoms with van der Waals surface area (Å²) in [6.45, 7) is 0. The number of H-pyrrole nitrogens is 1. The lowest BCUT2D eigenvalue weighted by atomic mass is 9.74. The lowest BCUT2D eigenvalue weighted by molar-refractivity contribution is -0.116. The van der Waals surface area contributed by atoms with Gasteiger partial charge in [-0.1, -0.05) is 36.4 Å². The van der Waals surface area contributed by atoms with Crippen LogP contribution >= 0.6 is 11.3 Å². The van der Waals surface area contributed by atoms with Crippen molar-refractivity contribution in [1.82, 2.24) is 9.78 Å². The number of fused-ring (bicyclic) bond motifs is 1. The number of carbonyl (C=O) groups is 1. The third kappa shape index (κ3) is 3.63. The molecular formula is C28H26N4O2S. The number of thiophene rings is 1. The molecular weight excluding hydrogens is 456 g/mol. The highest BCUT2D eigenvalue weighted by molar-refractivity contribution is 7.10. The standard InChI is InChI=1S/C28H26N4O2S/c1-31(2)19-12-10-17(11-13-19)24-25-21(15-18(16-22(25)33)23-9-6-14-35-23)29-27-26(24)28(34)32(30-27)20-7-4-3-5-8-20/h3-14,18,24,29-30H,15-16H2,1-2H3. The second-order valence-electron chi connectivity index (χ2n) is 9.36. The van der Waals surface area contributed by atoms with Gasteiger partial charge < -0.3 is 10.2 Å². The number of benzene rings is 2. The van der Waals surface area contributed by atoms with Gasteiger partial charge in [0.15, 0.2) is 5.78 Å². The topological polar surface area (TPSA) is 70.1 Å². The number of Topliss-reactive ketones (excluding diaryl/α,β-unsaturated/α-hetero) is 1. The first-order chi connectivity index (χ1) is 17.0. The summed E-state index contributed by atoms with van der Waals surface area (Å²) >= 11 is 1.69. The van der Waals surface area contributed by atoms with E-state index in [4.69, 9.17) is 0 Å². The Balaban J connectivity index is 1.51. The number of anilines is 2. The zero-order valence-corrected chi connectivity index (χ0v) is 20.4. The molecule has 0 saturated carbocycles. The normalized spacial score (nSPS) is 19.2. The number of aromatic amines is 1. The molecule has 176 valence electrons. The summed E-state index contributed by atoms with van der Waals surface area (Å²) in [6.07, 6.45) is 1.20. The van der Waals surface area contributed by atoms with Gasteiger partial charge in [0, 0.05) is 54.2 Å². The lowest BCUT2D eigenvalue weighted by Gasteiger charge is -2.34. The molecule has 0 radical (unpaired) electrons. The summed E-state index contributed by atoms with van der Waals surface area (Å²) in [5.74, 6) is 0.508. The molecule has 1 aliphatic heterocycles. The Labute approximate surface area is 207 Å². The molecule has 2 unspecified atom stereocenters. The first-order valence-corrected chi connectivity index (χ1v) is 12.6. The van der Waals surface area contributed by atoms with Gasteiger partial charge in [0.05, 0.1) is 11.3 Å². The number of carbonyl (C=O) groups excluding carboxylic acids is 1. The van der Waals surface area contributed by atoms with Gasteiger partial charge in [-0.2, -0.15) is 0 Å². The second-order valence-corrected chi connectivity index (χ2v) is 10.3. The highest BCUT2D eigenvalue weighted by atomic mass is 32.1. The number of para-hydroxylation sites is 1. The molecule has 0 spiro atoms. The fourth-order valence-corrected chi connectivity index (χ4v) is 6.11. The minimum atomic E-state index is -0.414. The first kappa shape index (κ1) is 21.7. The van der Waals surface area contributed by atoms with Crippen molar-refractivity contribution in [2.75, 3.05) is 24.3 Å².